The molecular formula is C20H24N4O3. The zero-order chi connectivity index (χ0) is 19.7. The number of rotatable bonds is 5. The molecule has 0 aliphatic rings. The molecule has 3 rings (SSSR count). The normalized spacial score (nSPS) is 12.3. The highest BCUT2D eigenvalue weighted by Crippen LogP contribution is 2.24. The van der Waals surface area contributed by atoms with Crippen molar-refractivity contribution in [3.8, 4) is 0 Å². The van der Waals surface area contributed by atoms with E-state index < -0.39 is 11.6 Å². The second-order valence-electron chi connectivity index (χ2n) is 6.67. The third kappa shape index (κ3) is 3.25. The van der Waals surface area contributed by atoms with Crippen molar-refractivity contribution in [1.29, 1.82) is 0 Å². The molecule has 0 aliphatic carbocycles. The monoisotopic (exact) mass is 368 g/mol. The van der Waals surface area contributed by atoms with Crippen LogP contribution < -0.4 is 10.9 Å². The van der Waals surface area contributed by atoms with Crippen LogP contribution in [0.25, 0.3) is 10.9 Å². The van der Waals surface area contributed by atoms with Crippen LogP contribution in [0, 0.1) is 20.8 Å². The summed E-state index contributed by atoms with van der Waals surface area (Å²) in [5.41, 5.74) is 3.23. The molecular weight excluding hydrogens is 344 g/mol. The van der Waals surface area contributed by atoms with E-state index in [9.17, 15) is 9.59 Å². The fourth-order valence-electron chi connectivity index (χ4n) is 3.40. The average Bonchev–Trinajstić information content (AvgIpc) is 3.04. The summed E-state index contributed by atoms with van der Waals surface area (Å²) < 4.78 is 6.36. The molecule has 0 radical (unpaired) electrons. The fraction of sp³-hybridized carbons (Fsp3) is 0.400. The van der Waals surface area contributed by atoms with Gasteiger partial charge in [-0.2, -0.15) is 5.10 Å². The number of aryl methyl sites for hydroxylation is 4. The number of anilines is 1. The van der Waals surface area contributed by atoms with Crippen LogP contribution in [-0.2, 0) is 11.2 Å². The molecule has 1 atom stereocenters. The molecule has 0 spiro atoms. The minimum absolute atomic E-state index is 0.205. The van der Waals surface area contributed by atoms with Crippen molar-refractivity contribution >= 4 is 22.5 Å². The minimum atomic E-state index is -0.734. The van der Waals surface area contributed by atoms with Gasteiger partial charge in [-0.15, -0.1) is 0 Å². The Bertz CT molecular complexity index is 1070. The minimum Gasteiger partial charge on any atom is -0.360 e. The molecule has 0 saturated heterocycles. The topological polar surface area (TPSA) is 90.0 Å². The Balaban J connectivity index is 2.03. The van der Waals surface area contributed by atoms with Gasteiger partial charge in [0, 0.05) is 5.69 Å². The lowest BCUT2D eigenvalue weighted by atomic mass is 10.1. The summed E-state index contributed by atoms with van der Waals surface area (Å²) in [4.78, 5) is 25.9. The first-order valence-corrected chi connectivity index (χ1v) is 9.13. The number of amides is 1. The SMILES string of the molecule is CCc1cccc(C)c1NC(=O)[C@H](CC)n1nc(C)c2c(C)onc2c1=O. The first-order valence-electron chi connectivity index (χ1n) is 9.13. The standard InChI is InChI=1S/C20H24N4O3/c1-6-14-10-8-9-11(3)17(14)21-19(25)15(7-2)24-20(26)18-16(12(4)22-24)13(5)27-23-18/h8-10,15H,6-7H2,1-5H3,(H,21,25)/t15-/m0/s1. The molecule has 0 saturated carbocycles. The molecule has 0 aliphatic heterocycles. The van der Waals surface area contributed by atoms with Gasteiger partial charge < -0.3 is 9.84 Å². The van der Waals surface area contributed by atoms with Crippen LogP contribution >= 0.6 is 0 Å². The second kappa shape index (κ2) is 7.34. The Morgan fingerprint density at radius 3 is 2.67 bits per heavy atom. The molecule has 0 unspecified atom stereocenters. The molecule has 0 bridgehead atoms. The van der Waals surface area contributed by atoms with E-state index in [1.165, 1.54) is 4.68 Å². The summed E-state index contributed by atoms with van der Waals surface area (Å²) in [6.45, 7) is 9.36. The van der Waals surface area contributed by atoms with Crippen LogP contribution in [0.1, 0.15) is 48.9 Å². The van der Waals surface area contributed by atoms with E-state index in [-0.39, 0.29) is 11.4 Å². The largest absolute Gasteiger partial charge is 0.360 e. The Hall–Kier alpha value is -2.96. The number of fused-ring (bicyclic) bond motifs is 1. The lowest BCUT2D eigenvalue weighted by Crippen LogP contribution is -2.35. The van der Waals surface area contributed by atoms with E-state index in [0.717, 1.165) is 23.2 Å². The van der Waals surface area contributed by atoms with Gasteiger partial charge in [-0.3, -0.25) is 9.59 Å². The molecule has 142 valence electrons. The molecule has 3 aromatic rings. The summed E-state index contributed by atoms with van der Waals surface area (Å²) in [5, 5.41) is 11.8. The van der Waals surface area contributed by atoms with Gasteiger partial charge in [-0.05, 0) is 44.7 Å². The van der Waals surface area contributed by atoms with Gasteiger partial charge >= 0.3 is 0 Å². The van der Waals surface area contributed by atoms with Crippen LogP contribution in [0.3, 0.4) is 0 Å². The van der Waals surface area contributed by atoms with E-state index in [1.54, 1.807) is 13.8 Å². The molecule has 27 heavy (non-hydrogen) atoms. The van der Waals surface area contributed by atoms with Crippen molar-refractivity contribution in [3.05, 3.63) is 51.1 Å². The summed E-state index contributed by atoms with van der Waals surface area (Å²) >= 11 is 0. The smallest absolute Gasteiger partial charge is 0.297 e. The van der Waals surface area contributed by atoms with Gasteiger partial charge in [0.1, 0.15) is 11.8 Å². The van der Waals surface area contributed by atoms with Gasteiger partial charge in [0.2, 0.25) is 5.91 Å². The van der Waals surface area contributed by atoms with E-state index >= 15 is 0 Å². The van der Waals surface area contributed by atoms with E-state index in [1.807, 2.05) is 39.0 Å². The van der Waals surface area contributed by atoms with Crippen molar-refractivity contribution < 1.29 is 9.32 Å². The van der Waals surface area contributed by atoms with Crippen molar-refractivity contribution in [2.45, 2.75) is 53.5 Å². The quantitative estimate of drug-likeness (QED) is 0.745. The molecule has 1 amide bonds. The molecule has 1 aromatic carbocycles. The highest BCUT2D eigenvalue weighted by Gasteiger charge is 2.25. The maximum Gasteiger partial charge on any atom is 0.297 e. The number of hydrogen-bond donors (Lipinski definition) is 1. The number of carbonyl (C=O) groups is 1. The number of nitrogens with zero attached hydrogens (tertiary/aromatic N) is 3. The van der Waals surface area contributed by atoms with Crippen molar-refractivity contribution in [1.82, 2.24) is 14.9 Å². The van der Waals surface area contributed by atoms with Crippen molar-refractivity contribution in [2.24, 2.45) is 0 Å². The molecule has 2 aromatic heterocycles. The van der Waals surface area contributed by atoms with Gasteiger partial charge in [-0.1, -0.05) is 37.2 Å². The maximum atomic E-state index is 13.0. The third-order valence-electron chi connectivity index (χ3n) is 4.87. The van der Waals surface area contributed by atoms with E-state index in [0.29, 0.717) is 23.3 Å². The Kier molecular flexibility index (Phi) is 5.12. The zero-order valence-corrected chi connectivity index (χ0v) is 16.3. The zero-order valence-electron chi connectivity index (χ0n) is 16.3. The van der Waals surface area contributed by atoms with Crippen LogP contribution in [0.4, 0.5) is 5.69 Å². The lowest BCUT2D eigenvalue weighted by Gasteiger charge is -2.19. The fourth-order valence-corrected chi connectivity index (χ4v) is 3.40. The molecule has 0 fully saturated rings. The van der Waals surface area contributed by atoms with E-state index in [2.05, 4.69) is 15.6 Å². The number of para-hydroxylation sites is 1. The van der Waals surface area contributed by atoms with Crippen LogP contribution in [0.5, 0.6) is 0 Å². The van der Waals surface area contributed by atoms with E-state index in [4.69, 9.17) is 4.52 Å². The van der Waals surface area contributed by atoms with Gasteiger partial charge in [0.15, 0.2) is 5.52 Å². The third-order valence-corrected chi connectivity index (χ3v) is 4.87. The highest BCUT2D eigenvalue weighted by atomic mass is 16.5. The number of nitrogens with one attached hydrogen (secondary N) is 1. The van der Waals surface area contributed by atoms with Crippen LogP contribution in [0.15, 0.2) is 27.5 Å². The van der Waals surface area contributed by atoms with Gasteiger partial charge in [0.05, 0.1) is 11.1 Å². The predicted octanol–water partition coefficient (Wildman–Crippen LogP) is 3.46. The Morgan fingerprint density at radius 2 is 2.00 bits per heavy atom. The maximum absolute atomic E-state index is 13.0. The van der Waals surface area contributed by atoms with Crippen LogP contribution in [-0.4, -0.2) is 20.8 Å². The summed E-state index contributed by atoms with van der Waals surface area (Å²) in [7, 11) is 0. The molecule has 7 heteroatoms. The van der Waals surface area contributed by atoms with Gasteiger partial charge in [0.25, 0.3) is 5.56 Å². The molecule has 2 heterocycles. The Labute approximate surface area is 157 Å². The first kappa shape index (κ1) is 18.8. The van der Waals surface area contributed by atoms with Crippen LogP contribution in [0.2, 0.25) is 0 Å². The second-order valence-corrected chi connectivity index (χ2v) is 6.67. The highest BCUT2D eigenvalue weighted by molar-refractivity contribution is 5.95. The van der Waals surface area contributed by atoms with Crippen molar-refractivity contribution in [2.75, 3.05) is 5.32 Å². The number of benzene rings is 1. The summed E-state index contributed by atoms with van der Waals surface area (Å²) in [6, 6.07) is 5.18. The Morgan fingerprint density at radius 1 is 1.26 bits per heavy atom. The molecule has 1 N–H and O–H groups in total. The summed E-state index contributed by atoms with van der Waals surface area (Å²) in [5.74, 6) is 0.277. The number of hydrogen-bond acceptors (Lipinski definition) is 5. The predicted molar refractivity (Wildman–Crippen MR) is 104 cm³/mol. The molecule has 7 nitrogen and oxygen atoms in total. The van der Waals surface area contributed by atoms with Gasteiger partial charge in [-0.25, -0.2) is 4.68 Å². The number of aromatic nitrogens is 3. The van der Waals surface area contributed by atoms with Crippen molar-refractivity contribution in [3.63, 3.8) is 0 Å². The average molecular weight is 368 g/mol. The first-order chi connectivity index (χ1) is 12.9. The summed E-state index contributed by atoms with van der Waals surface area (Å²) in [6.07, 6.45) is 1.23. The number of carbonyl (C=O) groups excluding carboxylic acids is 1. The lowest BCUT2D eigenvalue weighted by molar-refractivity contribution is -0.119.